The van der Waals surface area contributed by atoms with Crippen LogP contribution in [0.4, 0.5) is 10.5 Å². The first kappa shape index (κ1) is 31.5. The third-order valence-corrected chi connectivity index (χ3v) is 7.94. The van der Waals surface area contributed by atoms with Crippen molar-refractivity contribution in [2.24, 2.45) is 0 Å². The molecule has 0 spiro atoms. The van der Waals surface area contributed by atoms with Crippen LogP contribution in [-0.4, -0.2) is 57.0 Å². The molecule has 0 saturated carbocycles. The van der Waals surface area contributed by atoms with Crippen LogP contribution >= 0.6 is 11.8 Å². The smallest absolute Gasteiger partial charge is 0.330 e. The maximum atomic E-state index is 13.6. The molecule has 0 bridgehead atoms. The number of likely N-dealkylation sites (N-methyl/N-ethyl adjacent to an activating group) is 1. The predicted octanol–water partition coefficient (Wildman–Crippen LogP) is 3.49. The van der Waals surface area contributed by atoms with Crippen LogP contribution in [0.5, 0.6) is 5.75 Å². The summed E-state index contributed by atoms with van der Waals surface area (Å²) < 4.78 is 41.4. The molecule has 0 radical (unpaired) electrons. The summed E-state index contributed by atoms with van der Waals surface area (Å²) in [6, 6.07) is 21.9. The van der Waals surface area contributed by atoms with E-state index in [9.17, 15) is 18.0 Å². The second-order valence-electron chi connectivity index (χ2n) is 9.39. The molecule has 2 atom stereocenters. The highest BCUT2D eigenvalue weighted by Crippen LogP contribution is 2.22. The minimum Gasteiger partial charge on any atom is -0.497 e. The molecule has 1 heterocycles. The Hall–Kier alpha value is -4.40. The van der Waals surface area contributed by atoms with Crippen molar-refractivity contribution >= 4 is 39.6 Å². The van der Waals surface area contributed by atoms with Gasteiger partial charge in [0.2, 0.25) is 11.8 Å². The van der Waals surface area contributed by atoms with Gasteiger partial charge in [-0.1, -0.05) is 72.4 Å². The molecule has 43 heavy (non-hydrogen) atoms. The maximum Gasteiger partial charge on any atom is 0.330 e. The van der Waals surface area contributed by atoms with E-state index in [-0.39, 0.29) is 24.0 Å². The average molecular weight is 625 g/mol. The summed E-state index contributed by atoms with van der Waals surface area (Å²) in [4.78, 5) is 28.0. The number of anilines is 1. The Morgan fingerprint density at radius 2 is 1.53 bits per heavy atom. The number of aromatic nitrogens is 2. The van der Waals surface area contributed by atoms with E-state index >= 15 is 0 Å². The number of methoxy groups -OCH3 is 1. The molecule has 1 aromatic heterocycles. The van der Waals surface area contributed by atoms with Gasteiger partial charge in [0.15, 0.2) is 0 Å². The lowest BCUT2D eigenvalue weighted by Crippen LogP contribution is -2.54. The van der Waals surface area contributed by atoms with Gasteiger partial charge in [0.25, 0.3) is 5.22 Å². The fourth-order valence-electron chi connectivity index (χ4n) is 4.22. The zero-order valence-electron chi connectivity index (χ0n) is 23.8. The van der Waals surface area contributed by atoms with Gasteiger partial charge in [0, 0.05) is 19.2 Å². The number of urea groups is 1. The topological polar surface area (TPSA) is 156 Å². The number of carbonyl (C=O) groups is 2. The predicted molar refractivity (Wildman–Crippen MR) is 163 cm³/mol. The molecule has 0 fully saturated rings. The van der Waals surface area contributed by atoms with Gasteiger partial charge in [-0.2, -0.15) is 13.1 Å². The van der Waals surface area contributed by atoms with Gasteiger partial charge in [0.05, 0.1) is 7.11 Å². The molecular weight excluding hydrogens is 592 g/mol. The second-order valence-corrected chi connectivity index (χ2v) is 11.6. The van der Waals surface area contributed by atoms with Crippen LogP contribution in [0.2, 0.25) is 0 Å². The molecule has 0 aliphatic rings. The van der Waals surface area contributed by atoms with Crippen LogP contribution in [0, 0.1) is 0 Å². The molecule has 3 aromatic carbocycles. The van der Waals surface area contributed by atoms with Gasteiger partial charge < -0.3 is 19.4 Å². The fraction of sp³-hybridized carbons (Fsp3) is 0.241. The summed E-state index contributed by atoms with van der Waals surface area (Å²) in [5.41, 5.74) is 2.14. The number of carbonyl (C=O) groups excluding carboxylic acids is 2. The van der Waals surface area contributed by atoms with Crippen molar-refractivity contribution in [2.45, 2.75) is 30.1 Å². The number of amides is 3. The lowest BCUT2D eigenvalue weighted by Gasteiger charge is -2.25. The first-order chi connectivity index (χ1) is 20.7. The largest absolute Gasteiger partial charge is 0.497 e. The van der Waals surface area contributed by atoms with E-state index in [0.717, 1.165) is 11.1 Å². The lowest BCUT2D eigenvalue weighted by atomic mass is 10.0. The number of rotatable bonds is 13. The van der Waals surface area contributed by atoms with Gasteiger partial charge in [-0.3, -0.25) is 4.79 Å². The second kappa shape index (κ2) is 14.7. The summed E-state index contributed by atoms with van der Waals surface area (Å²) in [6.45, 7) is 0. The van der Waals surface area contributed by atoms with Crippen LogP contribution < -0.4 is 24.4 Å². The van der Waals surface area contributed by atoms with Crippen molar-refractivity contribution in [2.75, 3.05) is 25.3 Å². The van der Waals surface area contributed by atoms with Gasteiger partial charge in [-0.25, -0.2) is 9.52 Å². The molecule has 3 N–H and O–H groups in total. The van der Waals surface area contributed by atoms with E-state index in [0.29, 0.717) is 11.4 Å². The Bertz CT molecular complexity index is 1600. The Balaban J connectivity index is 1.50. The average Bonchev–Trinajstić information content (AvgIpc) is 3.50. The van der Waals surface area contributed by atoms with Crippen molar-refractivity contribution < 1.29 is 27.2 Å². The lowest BCUT2D eigenvalue weighted by molar-refractivity contribution is -0.120. The zero-order chi connectivity index (χ0) is 30.8. The SMILES string of the molecule is COc1ccc(N(C)C(=O)C(Cc2ccccc2)NC(=O)NS(=O)(=O)N[C@@H](Cc2ccccc2)c2nnc(SC)o2)cc1. The fourth-order valence-corrected chi connectivity index (χ4v) is 5.43. The third kappa shape index (κ3) is 9.04. The third-order valence-electron chi connectivity index (χ3n) is 6.38. The molecule has 3 amide bonds. The van der Waals surface area contributed by atoms with E-state index in [1.54, 1.807) is 44.7 Å². The maximum absolute atomic E-state index is 13.6. The summed E-state index contributed by atoms with van der Waals surface area (Å²) in [6.07, 6.45) is 2.05. The summed E-state index contributed by atoms with van der Waals surface area (Å²) in [7, 11) is -1.34. The first-order valence-corrected chi connectivity index (χ1v) is 15.9. The number of hydrogen-bond donors (Lipinski definition) is 3. The quantitative estimate of drug-likeness (QED) is 0.190. The number of hydrogen-bond acceptors (Lipinski definition) is 9. The summed E-state index contributed by atoms with van der Waals surface area (Å²) in [5, 5.41) is 10.7. The number of nitrogens with zero attached hydrogens (tertiary/aromatic N) is 3. The van der Waals surface area contributed by atoms with Crippen molar-refractivity contribution in [1.82, 2.24) is 25.0 Å². The van der Waals surface area contributed by atoms with Gasteiger partial charge in [-0.15, -0.1) is 10.2 Å². The van der Waals surface area contributed by atoms with Crippen LogP contribution in [0.1, 0.15) is 23.1 Å². The highest BCUT2D eigenvalue weighted by molar-refractivity contribution is 7.98. The Morgan fingerprint density at radius 3 is 2.09 bits per heavy atom. The molecule has 4 rings (SSSR count). The zero-order valence-corrected chi connectivity index (χ0v) is 25.4. The van der Waals surface area contributed by atoms with Crippen LogP contribution in [0.3, 0.4) is 0 Å². The molecule has 226 valence electrons. The van der Waals surface area contributed by atoms with Crippen LogP contribution in [0.25, 0.3) is 0 Å². The van der Waals surface area contributed by atoms with E-state index in [4.69, 9.17) is 9.15 Å². The van der Waals surface area contributed by atoms with Crippen molar-refractivity contribution in [3.63, 3.8) is 0 Å². The number of benzene rings is 3. The summed E-state index contributed by atoms with van der Waals surface area (Å²) >= 11 is 1.22. The van der Waals surface area contributed by atoms with Crippen molar-refractivity contribution in [3.05, 3.63) is 102 Å². The van der Waals surface area contributed by atoms with E-state index in [2.05, 4.69) is 20.2 Å². The first-order valence-electron chi connectivity index (χ1n) is 13.1. The minimum atomic E-state index is -4.46. The normalized spacial score (nSPS) is 12.6. The highest BCUT2D eigenvalue weighted by atomic mass is 32.2. The van der Waals surface area contributed by atoms with E-state index in [1.165, 1.54) is 16.7 Å². The molecule has 0 saturated heterocycles. The molecule has 0 aliphatic heterocycles. The molecule has 12 nitrogen and oxygen atoms in total. The van der Waals surface area contributed by atoms with Gasteiger partial charge in [0.1, 0.15) is 17.8 Å². The minimum absolute atomic E-state index is 0.0391. The van der Waals surface area contributed by atoms with Crippen molar-refractivity contribution in [3.8, 4) is 5.75 Å². The van der Waals surface area contributed by atoms with E-state index in [1.807, 2.05) is 65.4 Å². The number of nitrogens with one attached hydrogen (secondary N) is 3. The van der Waals surface area contributed by atoms with Crippen molar-refractivity contribution in [1.29, 1.82) is 0 Å². The number of ether oxygens (including phenoxy) is 1. The molecule has 14 heteroatoms. The van der Waals surface area contributed by atoms with Gasteiger partial charge in [-0.05, 0) is 48.1 Å². The van der Waals surface area contributed by atoms with Crippen LogP contribution in [0.15, 0.2) is 94.6 Å². The summed E-state index contributed by atoms with van der Waals surface area (Å²) in [5.74, 6) is 0.209. The Morgan fingerprint density at radius 1 is 0.930 bits per heavy atom. The standard InChI is InChI=1S/C29H32N6O6S2/c1-35(22-14-16-23(40-2)17-15-22)27(36)25(19-21-12-8-5-9-13-21)30-28(37)34-43(38,39)33-24(18-20-10-6-4-7-11-20)26-31-32-29(41-26)42-3/h4-17,24-25,33H,18-19H2,1-3H3,(H2,30,34,37)/t24-,25?/m0/s1. The Labute approximate surface area is 254 Å². The Kier molecular flexibility index (Phi) is 10.8. The molecular formula is C29H32N6O6S2. The molecule has 4 aromatic rings. The van der Waals surface area contributed by atoms with Crippen LogP contribution in [-0.2, 0) is 27.8 Å². The van der Waals surface area contributed by atoms with Gasteiger partial charge >= 0.3 is 16.2 Å². The monoisotopic (exact) mass is 624 g/mol. The van der Waals surface area contributed by atoms with E-state index < -0.39 is 34.2 Å². The number of thioether (sulfide) groups is 1. The molecule has 1 unspecified atom stereocenters. The highest BCUT2D eigenvalue weighted by Gasteiger charge is 2.29. The molecule has 0 aliphatic carbocycles.